The van der Waals surface area contributed by atoms with Gasteiger partial charge in [-0.25, -0.2) is 4.79 Å². The molecule has 1 aromatic carbocycles. The van der Waals surface area contributed by atoms with Crippen LogP contribution in [-0.2, 0) is 61.6 Å². The number of hydrogen-bond acceptors (Lipinski definition) is 23. The van der Waals surface area contributed by atoms with Crippen molar-refractivity contribution < 1.29 is 112 Å². The van der Waals surface area contributed by atoms with E-state index in [9.17, 15) is 55.5 Å². The van der Waals surface area contributed by atoms with Crippen LogP contribution >= 0.6 is 0 Å². The van der Waals surface area contributed by atoms with E-state index in [1.165, 1.54) is 14.0 Å². The van der Waals surface area contributed by atoms with E-state index in [1.807, 2.05) is 13.8 Å². The average Bonchev–Trinajstić information content (AvgIpc) is 2.68. The van der Waals surface area contributed by atoms with Crippen molar-refractivity contribution in [2.24, 2.45) is 28.6 Å². The zero-order valence-electron chi connectivity index (χ0n) is 46.5. The van der Waals surface area contributed by atoms with Crippen LogP contribution in [0.25, 0.3) is 0 Å². The van der Waals surface area contributed by atoms with Crippen LogP contribution < -0.4 is 0 Å². The van der Waals surface area contributed by atoms with Crippen molar-refractivity contribution in [1.82, 2.24) is 0 Å². The lowest BCUT2D eigenvalue weighted by Crippen LogP contribution is -2.72. The van der Waals surface area contributed by atoms with Gasteiger partial charge in [0, 0.05) is 34.0 Å². The molecule has 4 aliphatic heterocycles. The largest absolute Gasteiger partial charge is 0.462 e. The van der Waals surface area contributed by atoms with Crippen LogP contribution in [0.5, 0.6) is 0 Å². The van der Waals surface area contributed by atoms with Crippen molar-refractivity contribution in [3.8, 4) is 0 Å². The lowest BCUT2D eigenvalue weighted by Gasteiger charge is -2.66. The van der Waals surface area contributed by atoms with Crippen LogP contribution in [0.4, 0.5) is 0 Å². The molecular formula is C56H86O23. The number of aliphatic hydroxyl groups excluding tert-OH is 7. The highest BCUT2D eigenvalue weighted by Gasteiger charge is 2.77. The molecule has 4 saturated carbocycles. The van der Waals surface area contributed by atoms with Crippen LogP contribution in [0.15, 0.2) is 30.3 Å². The molecule has 0 amide bonds. The van der Waals surface area contributed by atoms with Gasteiger partial charge < -0.3 is 103 Å². The van der Waals surface area contributed by atoms with Crippen molar-refractivity contribution in [3.05, 3.63) is 35.9 Å². The van der Waals surface area contributed by atoms with Crippen LogP contribution in [0.1, 0.15) is 116 Å². The van der Waals surface area contributed by atoms with Gasteiger partial charge in [0.05, 0.1) is 60.3 Å². The molecule has 0 unspecified atom stereocenters. The van der Waals surface area contributed by atoms with Gasteiger partial charge in [-0.05, 0) is 107 Å². The quantitative estimate of drug-likeness (QED) is 0.0814. The van der Waals surface area contributed by atoms with E-state index in [0.29, 0.717) is 24.8 Å². The maximum Gasteiger partial charge on any atom is 0.338 e. The highest BCUT2D eigenvalue weighted by molar-refractivity contribution is 5.89. The lowest BCUT2D eigenvalue weighted by molar-refractivity contribution is -0.360. The molecule has 0 bridgehead atoms. The van der Waals surface area contributed by atoms with Gasteiger partial charge in [-0.3, -0.25) is 4.79 Å². The average molecular weight is 1130 g/mol. The maximum absolute atomic E-state index is 13.3. The Kier molecular flexibility index (Phi) is 18.7. The van der Waals surface area contributed by atoms with Crippen LogP contribution in [0.3, 0.4) is 0 Å². The summed E-state index contributed by atoms with van der Waals surface area (Å²) in [5, 5.41) is 98.8. The van der Waals surface area contributed by atoms with Gasteiger partial charge >= 0.3 is 11.9 Å². The molecule has 9 rings (SSSR count). The summed E-state index contributed by atoms with van der Waals surface area (Å²) in [5.74, 6) is -1.11. The van der Waals surface area contributed by atoms with Crippen molar-refractivity contribution in [1.29, 1.82) is 0 Å². The summed E-state index contributed by atoms with van der Waals surface area (Å²) < 4.78 is 73.3. The molecule has 4 heterocycles. The molecule has 4 aliphatic carbocycles. The predicted octanol–water partition coefficient (Wildman–Crippen LogP) is 0.742. The molecule has 79 heavy (non-hydrogen) atoms. The molecule has 9 N–H and O–H groups in total. The molecule has 1 aromatic rings. The van der Waals surface area contributed by atoms with Crippen LogP contribution in [0, 0.1) is 28.6 Å². The molecule has 448 valence electrons. The lowest BCUT2D eigenvalue weighted by atomic mass is 9.42. The van der Waals surface area contributed by atoms with E-state index in [2.05, 4.69) is 6.92 Å². The molecule has 8 aliphatic rings. The summed E-state index contributed by atoms with van der Waals surface area (Å²) in [7, 11) is 3.08. The van der Waals surface area contributed by atoms with Crippen molar-refractivity contribution in [2.45, 2.75) is 246 Å². The number of fused-ring (bicyclic) bond motifs is 5. The third-order valence-corrected chi connectivity index (χ3v) is 20.1. The Morgan fingerprint density at radius 2 is 1.28 bits per heavy atom. The van der Waals surface area contributed by atoms with Crippen LogP contribution in [-0.4, -0.2) is 225 Å². The number of esters is 2. The number of carbonyl (C=O) groups is 2. The van der Waals surface area contributed by atoms with E-state index in [-0.39, 0.29) is 48.5 Å². The van der Waals surface area contributed by atoms with Gasteiger partial charge in [0.25, 0.3) is 0 Å². The molecule has 0 aromatic heterocycles. The van der Waals surface area contributed by atoms with Crippen molar-refractivity contribution >= 4 is 11.9 Å². The fourth-order valence-electron chi connectivity index (χ4n) is 15.4. The minimum Gasteiger partial charge on any atom is -0.462 e. The summed E-state index contributed by atoms with van der Waals surface area (Å²) in [4.78, 5) is 26.2. The minimum absolute atomic E-state index is 0.0347. The minimum atomic E-state index is -1.76. The summed E-state index contributed by atoms with van der Waals surface area (Å²) in [5.41, 5.74) is -4.36. The molecule has 0 spiro atoms. The van der Waals surface area contributed by atoms with E-state index >= 15 is 0 Å². The highest BCUT2D eigenvalue weighted by atomic mass is 16.8. The molecule has 28 atom stereocenters. The number of methoxy groups -OCH3 is 2. The molecule has 0 radical (unpaired) electrons. The smallest absolute Gasteiger partial charge is 0.338 e. The fraction of sp³-hybridized carbons (Fsp3) is 0.857. The second-order valence-electron chi connectivity index (χ2n) is 24.1. The molecule has 8 fully saturated rings. The molecular weight excluding hydrogens is 1040 g/mol. The third-order valence-electron chi connectivity index (χ3n) is 20.1. The standard InChI is InChI=1S/C56H86O23/c1-26-48(78-41-23-36(69-8)49(27(2)72-41)79-52-47(64)45(62)43(60)38(77-52)25-70-51-46(63)44(61)42(59)37(24-57)76-51)35(68-7)22-40(71-26)75-32-16-17-53(5)31(20-32)14-15-33-34(53)21-39(74-29(4)58)54(6)55(66,18-19-56(33,54)67)28(3)73-50(65)30-12-10-9-11-13-30/h9-13,26-28,31-49,51-52,57,59-64,66-67H,14-25H2,1-8H3/t26-,27-,28+,31+,32+,33-,34+,35-,36-,37-,38-,39-,40+,41+,42-,43-,44+,45+,46-,47-,48-,49-,51-,52+,53+,54-,55-,56+/m1/s1. The Bertz CT molecular complexity index is 2210. The summed E-state index contributed by atoms with van der Waals surface area (Å²) in [6.07, 6.45) is -18.0. The van der Waals surface area contributed by atoms with Gasteiger partial charge in [-0.15, -0.1) is 0 Å². The summed E-state index contributed by atoms with van der Waals surface area (Å²) in [6.45, 7) is 9.51. The van der Waals surface area contributed by atoms with Gasteiger partial charge in [0.1, 0.15) is 78.8 Å². The van der Waals surface area contributed by atoms with E-state index in [4.69, 9.17) is 56.8 Å². The Labute approximate surface area is 460 Å². The predicted molar refractivity (Wildman–Crippen MR) is 271 cm³/mol. The monoisotopic (exact) mass is 1130 g/mol. The molecule has 23 nitrogen and oxygen atoms in total. The first-order valence-electron chi connectivity index (χ1n) is 28.2. The van der Waals surface area contributed by atoms with Crippen molar-refractivity contribution in [3.63, 3.8) is 0 Å². The number of aliphatic hydroxyl groups is 9. The Morgan fingerprint density at radius 3 is 1.90 bits per heavy atom. The zero-order valence-corrected chi connectivity index (χ0v) is 46.5. The molecule has 4 saturated heterocycles. The number of rotatable bonds is 16. The SMILES string of the molecule is CO[C@@H]1C[C@H](O[C@H]2CC[C@@]3(C)[C@@H](CC[C@@H]4[C@@H]3C[C@@H](OC(C)=O)[C@]3(C)[C@](O)([C@H](C)OC(=O)c5ccccc5)CC[C@]43O)C2)O[C@H](C)[C@H]1O[C@H]1C[C@@H](OC)[C@H](O[C@@H]2O[C@H](CO[C@@H]3O[C@H](CO)[C@@H](O)[C@H](O)[C@H]3O)[C@@H](O)[C@H](O)[C@H]2O)[C@@H](C)O1. The molecule has 23 heteroatoms. The van der Waals surface area contributed by atoms with Gasteiger partial charge in [0.2, 0.25) is 0 Å². The van der Waals surface area contributed by atoms with E-state index < -0.39 is 165 Å². The van der Waals surface area contributed by atoms with Gasteiger partial charge in [-0.2, -0.15) is 0 Å². The first kappa shape index (κ1) is 61.0. The van der Waals surface area contributed by atoms with Gasteiger partial charge in [-0.1, -0.05) is 32.0 Å². The van der Waals surface area contributed by atoms with Crippen LogP contribution in [0.2, 0.25) is 0 Å². The Morgan fingerprint density at radius 1 is 0.684 bits per heavy atom. The number of hydrogen-bond donors (Lipinski definition) is 9. The second-order valence-corrected chi connectivity index (χ2v) is 24.1. The third kappa shape index (κ3) is 11.2. The highest BCUT2D eigenvalue weighted by Crippen LogP contribution is 2.71. The summed E-state index contributed by atoms with van der Waals surface area (Å²) >= 11 is 0. The zero-order chi connectivity index (χ0) is 57.1. The first-order valence-corrected chi connectivity index (χ1v) is 28.2. The normalized spacial score (nSPS) is 49.4. The van der Waals surface area contributed by atoms with Crippen molar-refractivity contribution in [2.75, 3.05) is 27.4 Å². The fourth-order valence-corrected chi connectivity index (χ4v) is 15.4. The maximum atomic E-state index is 13.3. The number of carbonyl (C=O) groups excluding carboxylic acids is 2. The Balaban J connectivity index is 0.791. The number of ether oxygens (including phenoxy) is 12. The van der Waals surface area contributed by atoms with Gasteiger partial charge in [0.15, 0.2) is 25.2 Å². The Hall–Kier alpha value is -2.60. The second kappa shape index (κ2) is 24.2. The first-order chi connectivity index (χ1) is 37.4. The topological polar surface area (TPSA) is 327 Å². The number of benzene rings is 1. The van der Waals surface area contributed by atoms with E-state index in [0.717, 1.165) is 25.7 Å². The summed E-state index contributed by atoms with van der Waals surface area (Å²) in [6, 6.07) is 8.57. The van der Waals surface area contributed by atoms with E-state index in [1.54, 1.807) is 51.3 Å².